The Kier molecular flexibility index (Phi) is 11.0. The second-order valence-corrected chi connectivity index (χ2v) is 5.62. The van der Waals surface area contributed by atoms with Gasteiger partial charge in [0.2, 0.25) is 0 Å². The summed E-state index contributed by atoms with van der Waals surface area (Å²) in [6, 6.07) is 0. The molecule has 0 unspecified atom stereocenters. The van der Waals surface area contributed by atoms with E-state index in [1.807, 2.05) is 0 Å². The third-order valence-electron chi connectivity index (χ3n) is 0. The summed E-state index contributed by atoms with van der Waals surface area (Å²) in [6.45, 7) is 0. The van der Waals surface area contributed by atoms with Crippen molar-refractivity contribution in [1.29, 1.82) is 0 Å². The summed E-state index contributed by atoms with van der Waals surface area (Å²) in [4.78, 5) is 0. The Morgan fingerprint density at radius 2 is 1.00 bits per heavy atom. The van der Waals surface area contributed by atoms with E-state index in [1.54, 1.807) is 0 Å². The molecule has 0 amide bonds. The molecule has 0 fully saturated rings. The Morgan fingerprint density at radius 1 is 1.00 bits per heavy atom. The molecule has 0 aliphatic heterocycles. The van der Waals surface area contributed by atoms with Crippen LogP contribution in [-0.2, 0) is 11.2 Å². The molecule has 0 N–H and O–H groups in total. The van der Waals surface area contributed by atoms with Gasteiger partial charge in [0.05, 0.1) is 0 Å². The van der Waals surface area contributed by atoms with E-state index < -0.39 is 11.2 Å². The van der Waals surface area contributed by atoms with E-state index in [2.05, 4.69) is 0 Å². The van der Waals surface area contributed by atoms with E-state index >= 15 is 0 Å². The SMILES string of the molecule is [Cl][Fe]([Cl])[Cl].[SiH4]. The molecular formula is H4Cl3FeSi. The van der Waals surface area contributed by atoms with Crippen LogP contribution >= 0.6 is 30.3 Å². The Bertz CT molecular complexity index is 11.6. The molecule has 0 aromatic carbocycles. The molecule has 0 saturated heterocycles. The van der Waals surface area contributed by atoms with Crippen LogP contribution in [0.25, 0.3) is 0 Å². The maximum Gasteiger partial charge on any atom is -0.0149 e. The van der Waals surface area contributed by atoms with Crippen LogP contribution in [0, 0.1) is 0 Å². The summed E-state index contributed by atoms with van der Waals surface area (Å²) in [7, 11) is 14.7. The molecular weight excluding hydrogens is 190 g/mol. The van der Waals surface area contributed by atoms with Gasteiger partial charge in [0, 0.05) is 0 Å². The molecule has 0 aliphatic rings. The van der Waals surface area contributed by atoms with Crippen molar-refractivity contribution in [3.8, 4) is 0 Å². The molecule has 0 radical (unpaired) electrons. The van der Waals surface area contributed by atoms with Crippen molar-refractivity contribution in [3.63, 3.8) is 0 Å². The Labute approximate surface area is 52.4 Å². The minimum absolute atomic E-state index is 0. The van der Waals surface area contributed by atoms with Gasteiger partial charge in [-0.05, 0) is 11.0 Å². The van der Waals surface area contributed by atoms with Crippen molar-refractivity contribution >= 4 is 41.3 Å². The number of hydrogen-bond acceptors (Lipinski definition) is 0. The van der Waals surface area contributed by atoms with Gasteiger partial charge in [-0.1, -0.05) is 0 Å². The second-order valence-electron chi connectivity index (χ2n) is 0.152. The summed E-state index contributed by atoms with van der Waals surface area (Å²) in [5.41, 5.74) is 0. The van der Waals surface area contributed by atoms with Crippen molar-refractivity contribution < 1.29 is 11.2 Å². The monoisotopic (exact) mass is 193 g/mol. The largest absolute Gasteiger partial charge is 0.0149 e. The van der Waals surface area contributed by atoms with Crippen LogP contribution in [0.2, 0.25) is 0 Å². The van der Waals surface area contributed by atoms with Gasteiger partial charge in [-0.15, -0.1) is 0 Å². The van der Waals surface area contributed by atoms with E-state index in [9.17, 15) is 0 Å². The summed E-state index contributed by atoms with van der Waals surface area (Å²) >= 11 is -1.33. The molecule has 5 heteroatoms. The molecule has 0 nitrogen and oxygen atoms in total. The van der Waals surface area contributed by atoms with E-state index in [0.717, 1.165) is 0 Å². The number of hydrogen-bond donors (Lipinski definition) is 0. The number of halogens is 3. The van der Waals surface area contributed by atoms with Crippen molar-refractivity contribution in [2.24, 2.45) is 0 Å². The molecule has 0 aromatic heterocycles. The Hall–Kier alpha value is 1.61. The third-order valence-corrected chi connectivity index (χ3v) is 0. The Morgan fingerprint density at radius 3 is 1.00 bits per heavy atom. The predicted octanol–water partition coefficient (Wildman–Crippen LogP) is 0.614. The smallest absolute Gasteiger partial charge is 0.0149 e. The van der Waals surface area contributed by atoms with Crippen LogP contribution < -0.4 is 0 Å². The van der Waals surface area contributed by atoms with Crippen molar-refractivity contribution in [3.05, 3.63) is 0 Å². The molecule has 0 saturated carbocycles. The van der Waals surface area contributed by atoms with Gasteiger partial charge in [0.15, 0.2) is 0 Å². The predicted molar refractivity (Wildman–Crippen MR) is 28.9 cm³/mol. The van der Waals surface area contributed by atoms with Crippen LogP contribution in [0.4, 0.5) is 0 Å². The topological polar surface area (TPSA) is 0 Å². The standard InChI is InChI=1S/3ClH.Fe.H4Si/h3*1H;;1H4/q;;;+3;/p-3. The molecule has 5 heavy (non-hydrogen) atoms. The first-order valence-electron chi connectivity index (χ1n) is 0.401. The molecule has 0 heterocycles. The van der Waals surface area contributed by atoms with Crippen LogP contribution in [0.15, 0.2) is 0 Å². The normalized spacial score (nSPS) is 9.00. The van der Waals surface area contributed by atoms with Gasteiger partial charge in [0.1, 0.15) is 0 Å². The first-order valence-corrected chi connectivity index (χ1v) is 4.96. The average molecular weight is 194 g/mol. The molecule has 0 atom stereocenters. The Balaban J connectivity index is 0. The zero-order chi connectivity index (χ0) is 3.58. The van der Waals surface area contributed by atoms with Crippen LogP contribution in [-0.4, -0.2) is 11.0 Å². The van der Waals surface area contributed by atoms with Crippen molar-refractivity contribution in [2.75, 3.05) is 0 Å². The molecule has 0 aromatic rings. The first-order chi connectivity index (χ1) is 1.73. The maximum atomic E-state index is 4.89. The quantitative estimate of drug-likeness (QED) is 0.496. The number of rotatable bonds is 0. The molecule has 0 aliphatic carbocycles. The summed E-state index contributed by atoms with van der Waals surface area (Å²) < 4.78 is 0. The minimum Gasteiger partial charge on any atom is -0.0149 e. The van der Waals surface area contributed by atoms with Gasteiger partial charge in [0.25, 0.3) is 0 Å². The summed E-state index contributed by atoms with van der Waals surface area (Å²) in [5.74, 6) is 0. The fourth-order valence-electron chi connectivity index (χ4n) is 0. The van der Waals surface area contributed by atoms with E-state index in [1.165, 1.54) is 0 Å². The van der Waals surface area contributed by atoms with Crippen molar-refractivity contribution in [1.82, 2.24) is 0 Å². The van der Waals surface area contributed by atoms with E-state index in [-0.39, 0.29) is 11.0 Å². The van der Waals surface area contributed by atoms with Gasteiger partial charge < -0.3 is 0 Å². The molecule has 0 bridgehead atoms. The minimum atomic E-state index is -1.33. The van der Waals surface area contributed by atoms with Crippen LogP contribution in [0.1, 0.15) is 0 Å². The van der Waals surface area contributed by atoms with Gasteiger partial charge in [-0.3, -0.25) is 0 Å². The van der Waals surface area contributed by atoms with Gasteiger partial charge >= 0.3 is 41.5 Å². The first kappa shape index (κ1) is 9.79. The summed E-state index contributed by atoms with van der Waals surface area (Å²) in [5, 5.41) is 0. The second kappa shape index (κ2) is 5.61. The zero-order valence-corrected chi connectivity index (χ0v) is 4.86. The fourth-order valence-corrected chi connectivity index (χ4v) is 0. The summed E-state index contributed by atoms with van der Waals surface area (Å²) in [6.07, 6.45) is 0. The maximum absolute atomic E-state index is 4.89. The molecule has 0 rings (SSSR count). The van der Waals surface area contributed by atoms with Gasteiger partial charge in [-0.2, -0.15) is 0 Å². The molecule has 37 valence electrons. The van der Waals surface area contributed by atoms with E-state index in [4.69, 9.17) is 30.3 Å². The zero-order valence-electron chi connectivity index (χ0n) is 1.49. The van der Waals surface area contributed by atoms with Gasteiger partial charge in [-0.25, -0.2) is 0 Å². The fraction of sp³-hybridized carbons (Fsp3) is 0. The van der Waals surface area contributed by atoms with Crippen LogP contribution in [0.5, 0.6) is 0 Å². The van der Waals surface area contributed by atoms with Crippen LogP contribution in [0.3, 0.4) is 0 Å². The van der Waals surface area contributed by atoms with E-state index in [0.29, 0.717) is 0 Å². The third kappa shape index (κ3) is 28.3. The van der Waals surface area contributed by atoms with Crippen molar-refractivity contribution in [2.45, 2.75) is 0 Å². The average Bonchev–Trinajstić information content (AvgIpc) is 0.811. The molecule has 0 spiro atoms.